The normalized spacial score (nSPS) is 19.8. The van der Waals surface area contributed by atoms with Gasteiger partial charge in [-0.25, -0.2) is 17.6 Å². The first-order valence-electron chi connectivity index (χ1n) is 5.88. The van der Waals surface area contributed by atoms with Gasteiger partial charge in [-0.15, -0.1) is 0 Å². The van der Waals surface area contributed by atoms with E-state index >= 15 is 0 Å². The van der Waals surface area contributed by atoms with Crippen molar-refractivity contribution in [3.8, 4) is 0 Å². The molecule has 1 unspecified atom stereocenters. The average molecular weight is 276 g/mol. The number of rotatable bonds is 2. The Morgan fingerprint density at radius 3 is 2.37 bits per heavy atom. The fourth-order valence-corrected chi connectivity index (χ4v) is 1.95. The first-order valence-corrected chi connectivity index (χ1v) is 5.88. The molecule has 1 heterocycles. The average Bonchev–Trinajstić information content (AvgIpc) is 2.57. The molecule has 1 aromatic carbocycles. The van der Waals surface area contributed by atoms with Crippen molar-refractivity contribution in [1.82, 2.24) is 5.32 Å². The minimum Gasteiger partial charge on any atom is -0.369 e. The number of hydrogen-bond donors (Lipinski definition) is 2. The van der Waals surface area contributed by atoms with Gasteiger partial charge in [0.1, 0.15) is 11.7 Å². The monoisotopic (exact) mass is 276 g/mol. The van der Waals surface area contributed by atoms with Crippen molar-refractivity contribution >= 4 is 11.6 Å². The number of anilines is 1. The van der Waals surface area contributed by atoms with E-state index in [0.717, 1.165) is 6.42 Å². The third kappa shape index (κ3) is 2.80. The molecule has 1 aromatic rings. The Morgan fingerprint density at radius 1 is 1.11 bits per heavy atom. The minimum absolute atomic E-state index is 0.128. The summed E-state index contributed by atoms with van der Waals surface area (Å²) in [6.07, 6.45) is 1.74. The lowest BCUT2D eigenvalue weighted by atomic mass is 10.1. The maximum Gasteiger partial charge on any atom is 0.242 e. The molecule has 0 aromatic heterocycles. The van der Waals surface area contributed by atoms with Gasteiger partial charge < -0.3 is 10.6 Å². The van der Waals surface area contributed by atoms with Crippen molar-refractivity contribution < 1.29 is 22.4 Å². The molecule has 2 rings (SSSR count). The van der Waals surface area contributed by atoms with E-state index < -0.39 is 40.9 Å². The summed E-state index contributed by atoms with van der Waals surface area (Å²) in [7, 11) is 0. The Bertz CT molecular complexity index is 481. The van der Waals surface area contributed by atoms with Gasteiger partial charge in [-0.2, -0.15) is 0 Å². The third-order valence-corrected chi connectivity index (χ3v) is 2.97. The molecule has 1 amide bonds. The van der Waals surface area contributed by atoms with Gasteiger partial charge in [0.05, 0.1) is 0 Å². The Balaban J connectivity index is 2.29. The second-order valence-corrected chi connectivity index (χ2v) is 4.33. The van der Waals surface area contributed by atoms with Crippen LogP contribution in [-0.4, -0.2) is 18.5 Å². The molecule has 2 N–H and O–H groups in total. The van der Waals surface area contributed by atoms with Gasteiger partial charge in [-0.1, -0.05) is 0 Å². The van der Waals surface area contributed by atoms with Gasteiger partial charge in [0, 0.05) is 12.6 Å². The molecular formula is C12H12F4N2O. The van der Waals surface area contributed by atoms with E-state index in [4.69, 9.17) is 0 Å². The maximum atomic E-state index is 13.5. The van der Waals surface area contributed by atoms with Crippen LogP contribution in [0.15, 0.2) is 6.07 Å². The lowest BCUT2D eigenvalue weighted by molar-refractivity contribution is -0.121. The van der Waals surface area contributed by atoms with Gasteiger partial charge in [0.25, 0.3) is 0 Å². The number of carbonyl (C=O) groups is 1. The molecule has 1 aliphatic heterocycles. The van der Waals surface area contributed by atoms with E-state index in [1.807, 2.05) is 0 Å². The highest BCUT2D eigenvalue weighted by molar-refractivity contribution is 5.84. The molecule has 19 heavy (non-hydrogen) atoms. The standard InChI is InChI=1S/C12H12F4N2O/c13-6-5-7(14)10(16)11(9(6)15)18-8-3-1-2-4-17-12(8)19/h5,8,18H,1-4H2,(H,17,19). The highest BCUT2D eigenvalue weighted by Gasteiger charge is 2.26. The van der Waals surface area contributed by atoms with Crippen molar-refractivity contribution in [2.75, 3.05) is 11.9 Å². The Labute approximate surface area is 107 Å². The van der Waals surface area contributed by atoms with Crippen molar-refractivity contribution in [3.63, 3.8) is 0 Å². The van der Waals surface area contributed by atoms with Crippen LogP contribution in [0.5, 0.6) is 0 Å². The summed E-state index contributed by atoms with van der Waals surface area (Å²) in [5.74, 6) is -6.52. The van der Waals surface area contributed by atoms with Crippen molar-refractivity contribution in [2.45, 2.75) is 25.3 Å². The first kappa shape index (κ1) is 13.6. The van der Waals surface area contributed by atoms with Gasteiger partial charge in [0.15, 0.2) is 23.3 Å². The topological polar surface area (TPSA) is 41.1 Å². The van der Waals surface area contributed by atoms with Crippen LogP contribution in [0.3, 0.4) is 0 Å². The van der Waals surface area contributed by atoms with Crippen LogP contribution < -0.4 is 10.6 Å². The number of hydrogen-bond acceptors (Lipinski definition) is 2. The lowest BCUT2D eigenvalue weighted by Gasteiger charge is -2.17. The molecule has 0 aliphatic carbocycles. The van der Waals surface area contributed by atoms with E-state index in [1.165, 1.54) is 0 Å². The predicted octanol–water partition coefficient (Wildman–Crippen LogP) is 2.32. The van der Waals surface area contributed by atoms with Crippen LogP contribution in [0, 0.1) is 23.3 Å². The quantitative estimate of drug-likeness (QED) is 0.643. The molecule has 1 atom stereocenters. The lowest BCUT2D eigenvalue weighted by Crippen LogP contribution is -2.38. The zero-order chi connectivity index (χ0) is 14.0. The summed E-state index contributed by atoms with van der Waals surface area (Å²) in [5, 5.41) is 4.80. The van der Waals surface area contributed by atoms with E-state index in [-0.39, 0.29) is 6.07 Å². The molecule has 3 nitrogen and oxygen atoms in total. The molecule has 1 aliphatic rings. The van der Waals surface area contributed by atoms with Gasteiger partial charge in [-0.05, 0) is 19.3 Å². The van der Waals surface area contributed by atoms with Crippen LogP contribution in [0.2, 0.25) is 0 Å². The second kappa shape index (κ2) is 5.46. The predicted molar refractivity (Wildman–Crippen MR) is 60.5 cm³/mol. The van der Waals surface area contributed by atoms with Crippen molar-refractivity contribution in [1.29, 1.82) is 0 Å². The van der Waals surface area contributed by atoms with Crippen LogP contribution in [0.25, 0.3) is 0 Å². The van der Waals surface area contributed by atoms with Crippen LogP contribution in [0.4, 0.5) is 23.2 Å². The molecule has 0 saturated carbocycles. The summed E-state index contributed by atoms with van der Waals surface area (Å²) >= 11 is 0. The Kier molecular flexibility index (Phi) is 3.92. The summed E-state index contributed by atoms with van der Waals surface area (Å²) in [4.78, 5) is 11.6. The largest absolute Gasteiger partial charge is 0.369 e. The van der Waals surface area contributed by atoms with Gasteiger partial charge in [-0.3, -0.25) is 4.79 Å². The summed E-state index contributed by atoms with van der Waals surface area (Å²) in [6.45, 7) is 0.472. The van der Waals surface area contributed by atoms with Crippen molar-refractivity contribution in [3.05, 3.63) is 29.3 Å². The smallest absolute Gasteiger partial charge is 0.242 e. The van der Waals surface area contributed by atoms with Gasteiger partial charge in [0.2, 0.25) is 5.91 Å². The molecular weight excluding hydrogens is 264 g/mol. The van der Waals surface area contributed by atoms with Crippen LogP contribution in [0.1, 0.15) is 19.3 Å². The number of benzene rings is 1. The molecule has 7 heteroatoms. The molecule has 1 saturated heterocycles. The van der Waals surface area contributed by atoms with Crippen LogP contribution in [-0.2, 0) is 4.79 Å². The minimum atomic E-state index is -1.53. The van der Waals surface area contributed by atoms with E-state index in [1.54, 1.807) is 0 Å². The summed E-state index contributed by atoms with van der Waals surface area (Å²) in [6, 6.07) is -0.782. The second-order valence-electron chi connectivity index (χ2n) is 4.33. The van der Waals surface area contributed by atoms with Crippen LogP contribution >= 0.6 is 0 Å². The number of amides is 1. The van der Waals surface area contributed by atoms with E-state index in [9.17, 15) is 22.4 Å². The fourth-order valence-electron chi connectivity index (χ4n) is 1.95. The zero-order valence-corrected chi connectivity index (χ0v) is 9.90. The third-order valence-electron chi connectivity index (χ3n) is 2.97. The molecule has 0 spiro atoms. The number of nitrogens with one attached hydrogen (secondary N) is 2. The molecule has 0 bridgehead atoms. The molecule has 104 valence electrons. The molecule has 1 fully saturated rings. The SMILES string of the molecule is O=C1NCCCCC1Nc1c(F)c(F)cc(F)c1F. The molecule has 0 radical (unpaired) electrons. The van der Waals surface area contributed by atoms with E-state index in [0.29, 0.717) is 19.4 Å². The zero-order valence-electron chi connectivity index (χ0n) is 9.90. The van der Waals surface area contributed by atoms with Gasteiger partial charge >= 0.3 is 0 Å². The number of carbonyl (C=O) groups excluding carboxylic acids is 1. The summed E-state index contributed by atoms with van der Waals surface area (Å²) in [5.41, 5.74) is -0.945. The first-order chi connectivity index (χ1) is 9.00. The van der Waals surface area contributed by atoms with E-state index in [2.05, 4.69) is 10.6 Å². The maximum absolute atomic E-state index is 13.5. The highest BCUT2D eigenvalue weighted by atomic mass is 19.2. The number of halogens is 4. The Morgan fingerprint density at radius 2 is 1.74 bits per heavy atom. The summed E-state index contributed by atoms with van der Waals surface area (Å²) < 4.78 is 53.0. The Hall–Kier alpha value is -1.79. The fraction of sp³-hybridized carbons (Fsp3) is 0.417. The highest BCUT2D eigenvalue weighted by Crippen LogP contribution is 2.25. The van der Waals surface area contributed by atoms with Crippen molar-refractivity contribution in [2.24, 2.45) is 0 Å².